The molecular formula is C23H29N3O3. The fourth-order valence-electron chi connectivity index (χ4n) is 4.29. The fraction of sp³-hybridized carbons (Fsp3) is 0.435. The maximum absolute atomic E-state index is 10.8. The normalized spacial score (nSPS) is 21.6. The molecule has 154 valence electrons. The molecule has 0 unspecified atom stereocenters. The zero-order valence-corrected chi connectivity index (χ0v) is 17.3. The second-order valence-corrected chi connectivity index (χ2v) is 7.92. The Morgan fingerprint density at radius 1 is 1.07 bits per heavy atom. The molecule has 2 aliphatic heterocycles. The number of rotatable bonds is 4. The molecule has 0 aliphatic carbocycles. The van der Waals surface area contributed by atoms with E-state index in [1.165, 1.54) is 0 Å². The lowest BCUT2D eigenvalue weighted by atomic mass is 9.87. The first-order valence-electron chi connectivity index (χ1n) is 10.1. The minimum absolute atomic E-state index is 0.0388. The van der Waals surface area contributed by atoms with Gasteiger partial charge in [-0.1, -0.05) is 12.1 Å². The average Bonchev–Trinajstić information content (AvgIpc) is 2.76. The van der Waals surface area contributed by atoms with E-state index in [1.807, 2.05) is 24.3 Å². The molecule has 0 bridgehead atoms. The Kier molecular flexibility index (Phi) is 5.48. The van der Waals surface area contributed by atoms with Gasteiger partial charge in [-0.05, 0) is 55.8 Å². The summed E-state index contributed by atoms with van der Waals surface area (Å²) >= 11 is 0. The van der Waals surface area contributed by atoms with Crippen molar-refractivity contribution in [2.45, 2.75) is 31.0 Å². The molecule has 1 spiro atoms. The van der Waals surface area contributed by atoms with E-state index in [0.717, 1.165) is 48.5 Å². The highest BCUT2D eigenvalue weighted by Gasteiger charge is 2.40. The third kappa shape index (κ3) is 3.95. The Hall–Kier alpha value is -2.57. The molecule has 0 radical (unpaired) electrons. The fourth-order valence-corrected chi connectivity index (χ4v) is 4.29. The average molecular weight is 396 g/mol. The van der Waals surface area contributed by atoms with Gasteiger partial charge in [0.05, 0.1) is 14.2 Å². The molecule has 2 aromatic rings. The Morgan fingerprint density at radius 2 is 1.79 bits per heavy atom. The van der Waals surface area contributed by atoms with Crippen LogP contribution in [0.1, 0.15) is 36.4 Å². The molecule has 2 aromatic carbocycles. The third-order valence-electron chi connectivity index (χ3n) is 6.05. The van der Waals surface area contributed by atoms with Gasteiger partial charge in [0, 0.05) is 36.8 Å². The number of para-hydroxylation sites is 1. The van der Waals surface area contributed by atoms with E-state index in [2.05, 4.69) is 29.4 Å². The minimum atomic E-state index is -0.319. The summed E-state index contributed by atoms with van der Waals surface area (Å²) in [5.74, 6) is 1.53. The summed E-state index contributed by atoms with van der Waals surface area (Å²) in [7, 11) is 5.40. The highest BCUT2D eigenvalue weighted by molar-refractivity contribution is 6.02. The van der Waals surface area contributed by atoms with Gasteiger partial charge < -0.3 is 19.5 Å². The number of ether oxygens (including phenoxy) is 2. The topological polar surface area (TPSA) is 66.3 Å². The lowest BCUT2D eigenvalue weighted by molar-refractivity contribution is 0.144. The molecule has 1 fully saturated rings. The van der Waals surface area contributed by atoms with E-state index in [0.29, 0.717) is 12.2 Å². The SMILES string of the molecule is COc1ccc(C2=NC3(CCN(C)CC3)N[C@@H](c3cccc(OC)c3O)C2)cc1. The number of benzene rings is 2. The van der Waals surface area contributed by atoms with Crippen LogP contribution >= 0.6 is 0 Å². The number of nitrogens with zero attached hydrogens (tertiary/aromatic N) is 2. The van der Waals surface area contributed by atoms with E-state index in [1.54, 1.807) is 20.3 Å². The summed E-state index contributed by atoms with van der Waals surface area (Å²) < 4.78 is 10.6. The van der Waals surface area contributed by atoms with Crippen LogP contribution in [0.3, 0.4) is 0 Å². The number of piperidine rings is 1. The van der Waals surface area contributed by atoms with Crippen molar-refractivity contribution in [2.24, 2.45) is 4.99 Å². The van der Waals surface area contributed by atoms with Crippen molar-refractivity contribution in [1.29, 1.82) is 0 Å². The molecule has 2 N–H and O–H groups in total. The number of likely N-dealkylation sites (tertiary alicyclic amines) is 1. The van der Waals surface area contributed by atoms with Crippen LogP contribution in [0.4, 0.5) is 0 Å². The van der Waals surface area contributed by atoms with Gasteiger partial charge in [-0.15, -0.1) is 0 Å². The van der Waals surface area contributed by atoms with Gasteiger partial charge in [-0.3, -0.25) is 10.3 Å². The van der Waals surface area contributed by atoms with Crippen LogP contribution in [0.15, 0.2) is 47.5 Å². The molecule has 6 nitrogen and oxygen atoms in total. The first-order chi connectivity index (χ1) is 14.0. The molecule has 0 saturated carbocycles. The summed E-state index contributed by atoms with van der Waals surface area (Å²) in [5.41, 5.74) is 2.69. The Balaban J connectivity index is 1.73. The molecule has 0 amide bonds. The second-order valence-electron chi connectivity index (χ2n) is 7.92. The number of phenolic OH excluding ortho intramolecular Hbond substituents is 1. The summed E-state index contributed by atoms with van der Waals surface area (Å²) in [6, 6.07) is 13.7. The van der Waals surface area contributed by atoms with Gasteiger partial charge in [-0.25, -0.2) is 0 Å². The van der Waals surface area contributed by atoms with Crippen LogP contribution < -0.4 is 14.8 Å². The summed E-state index contributed by atoms with van der Waals surface area (Å²) in [6.07, 6.45) is 2.57. The van der Waals surface area contributed by atoms with Gasteiger partial charge in [0.15, 0.2) is 11.5 Å². The number of nitrogens with one attached hydrogen (secondary N) is 1. The summed E-state index contributed by atoms with van der Waals surface area (Å²) in [6.45, 7) is 1.98. The molecule has 4 rings (SSSR count). The second kappa shape index (κ2) is 8.05. The number of phenols is 1. The quantitative estimate of drug-likeness (QED) is 0.831. The highest BCUT2D eigenvalue weighted by Crippen LogP contribution is 2.40. The van der Waals surface area contributed by atoms with Crippen molar-refractivity contribution in [2.75, 3.05) is 34.4 Å². The lowest BCUT2D eigenvalue weighted by Gasteiger charge is -2.44. The number of aromatic hydroxyl groups is 1. The van der Waals surface area contributed by atoms with E-state index >= 15 is 0 Å². The van der Waals surface area contributed by atoms with Crippen LogP contribution in [-0.2, 0) is 0 Å². The van der Waals surface area contributed by atoms with Crippen LogP contribution in [0.25, 0.3) is 0 Å². The number of hydrogen-bond acceptors (Lipinski definition) is 6. The smallest absolute Gasteiger partial charge is 0.162 e. The van der Waals surface area contributed by atoms with Crippen molar-refractivity contribution >= 4 is 5.71 Å². The number of methoxy groups -OCH3 is 2. The van der Waals surface area contributed by atoms with Crippen molar-refractivity contribution < 1.29 is 14.6 Å². The Labute approximate surface area is 172 Å². The van der Waals surface area contributed by atoms with E-state index in [4.69, 9.17) is 14.5 Å². The van der Waals surface area contributed by atoms with E-state index in [9.17, 15) is 5.11 Å². The van der Waals surface area contributed by atoms with Gasteiger partial charge >= 0.3 is 0 Å². The maximum atomic E-state index is 10.8. The minimum Gasteiger partial charge on any atom is -0.504 e. The monoisotopic (exact) mass is 395 g/mol. The van der Waals surface area contributed by atoms with Crippen LogP contribution in [0.2, 0.25) is 0 Å². The molecule has 2 heterocycles. The van der Waals surface area contributed by atoms with Crippen LogP contribution in [0.5, 0.6) is 17.2 Å². The zero-order chi connectivity index (χ0) is 20.4. The van der Waals surface area contributed by atoms with E-state index in [-0.39, 0.29) is 17.5 Å². The Bertz CT molecular complexity index is 887. The molecule has 1 saturated heterocycles. The zero-order valence-electron chi connectivity index (χ0n) is 17.3. The van der Waals surface area contributed by atoms with E-state index < -0.39 is 0 Å². The molecule has 2 aliphatic rings. The van der Waals surface area contributed by atoms with Crippen LogP contribution in [0, 0.1) is 0 Å². The maximum Gasteiger partial charge on any atom is 0.162 e. The molecule has 0 aromatic heterocycles. The predicted octanol–water partition coefficient (Wildman–Crippen LogP) is 3.36. The molecule has 29 heavy (non-hydrogen) atoms. The third-order valence-corrected chi connectivity index (χ3v) is 6.05. The highest BCUT2D eigenvalue weighted by atomic mass is 16.5. The largest absolute Gasteiger partial charge is 0.504 e. The van der Waals surface area contributed by atoms with Gasteiger partial charge in [0.25, 0.3) is 0 Å². The predicted molar refractivity (Wildman–Crippen MR) is 114 cm³/mol. The number of aliphatic imine (C=N–C) groups is 1. The molecular weight excluding hydrogens is 366 g/mol. The van der Waals surface area contributed by atoms with Crippen molar-refractivity contribution in [3.63, 3.8) is 0 Å². The van der Waals surface area contributed by atoms with Crippen LogP contribution in [-0.4, -0.2) is 55.7 Å². The first-order valence-corrected chi connectivity index (χ1v) is 10.1. The van der Waals surface area contributed by atoms with Gasteiger partial charge in [0.1, 0.15) is 11.4 Å². The van der Waals surface area contributed by atoms with Crippen molar-refractivity contribution in [3.8, 4) is 17.2 Å². The summed E-state index contributed by atoms with van der Waals surface area (Å²) in [5, 5.41) is 14.5. The standard InChI is InChI=1S/C23H29N3O3/c1-26-13-11-23(12-14-26)24-19(16-7-9-17(28-2)10-8-16)15-20(25-23)18-5-4-6-21(29-3)22(18)27/h4-10,20,25,27H,11-15H2,1-3H3/t20-/m1/s1. The van der Waals surface area contributed by atoms with Gasteiger partial charge in [0.2, 0.25) is 0 Å². The molecule has 1 atom stereocenters. The van der Waals surface area contributed by atoms with Crippen molar-refractivity contribution in [3.05, 3.63) is 53.6 Å². The Morgan fingerprint density at radius 3 is 2.45 bits per heavy atom. The van der Waals surface area contributed by atoms with Crippen molar-refractivity contribution in [1.82, 2.24) is 10.2 Å². The van der Waals surface area contributed by atoms with Gasteiger partial charge in [-0.2, -0.15) is 0 Å². The first kappa shape index (κ1) is 19.7. The lowest BCUT2D eigenvalue weighted by Crippen LogP contribution is -2.55. The molecule has 6 heteroatoms. The summed E-state index contributed by atoms with van der Waals surface area (Å²) in [4.78, 5) is 7.54. The number of hydrogen-bond donors (Lipinski definition) is 2.